The third-order valence-electron chi connectivity index (χ3n) is 2.68. The van der Waals surface area contributed by atoms with Gasteiger partial charge in [-0.15, -0.1) is 0 Å². The van der Waals surface area contributed by atoms with Gasteiger partial charge in [-0.1, -0.05) is 0 Å². The van der Waals surface area contributed by atoms with Gasteiger partial charge in [0.05, 0.1) is 13.2 Å². The number of rotatable bonds is 13. The van der Waals surface area contributed by atoms with Crippen LogP contribution in [0.15, 0.2) is 0 Å². The fourth-order valence-corrected chi connectivity index (χ4v) is 3.96. The number of carbonyl (C=O) groups is 2. The topological polar surface area (TPSA) is 88.1 Å². The SMILES string of the molecule is CCOC(OCC)C(=O)C(CC(C)=O)P(=O)(OCC)OCC. The molecule has 0 aromatic rings. The van der Waals surface area contributed by atoms with E-state index in [1.165, 1.54) is 6.92 Å². The Morgan fingerprint density at radius 3 is 1.68 bits per heavy atom. The Kier molecular flexibility index (Phi) is 10.7. The molecule has 0 N–H and O–H groups in total. The minimum atomic E-state index is -3.77. The Balaban J connectivity index is 5.51. The minimum absolute atomic E-state index is 0.104. The van der Waals surface area contributed by atoms with Crippen LogP contribution < -0.4 is 0 Å². The summed E-state index contributed by atoms with van der Waals surface area (Å²) in [6, 6.07) is 0. The second kappa shape index (κ2) is 11.0. The van der Waals surface area contributed by atoms with E-state index in [1.807, 2.05) is 0 Å². The molecule has 1 unspecified atom stereocenters. The number of ether oxygens (including phenoxy) is 2. The van der Waals surface area contributed by atoms with Gasteiger partial charge in [-0.2, -0.15) is 0 Å². The molecular formula is C14H27O7P. The van der Waals surface area contributed by atoms with Gasteiger partial charge in [0, 0.05) is 19.6 Å². The molecule has 7 nitrogen and oxygen atoms in total. The summed E-state index contributed by atoms with van der Waals surface area (Å²) in [5, 5.41) is 0. The summed E-state index contributed by atoms with van der Waals surface area (Å²) in [7, 11) is -3.77. The van der Waals surface area contributed by atoms with Crippen molar-refractivity contribution in [3.63, 3.8) is 0 Å². The third-order valence-corrected chi connectivity index (χ3v) is 5.11. The van der Waals surface area contributed by atoms with Crippen LogP contribution in [0.4, 0.5) is 0 Å². The molecule has 0 aliphatic carbocycles. The largest absolute Gasteiger partial charge is 0.346 e. The van der Waals surface area contributed by atoms with Gasteiger partial charge in [0.15, 0.2) is 0 Å². The number of carbonyl (C=O) groups excluding carboxylic acids is 2. The predicted octanol–water partition coefficient (Wildman–Crippen LogP) is 2.57. The van der Waals surface area contributed by atoms with Crippen LogP contribution in [0.2, 0.25) is 0 Å². The summed E-state index contributed by atoms with van der Waals surface area (Å²) in [4.78, 5) is 24.1. The van der Waals surface area contributed by atoms with Crippen molar-refractivity contribution in [3.8, 4) is 0 Å². The summed E-state index contributed by atoms with van der Waals surface area (Å²) in [6.07, 6.45) is -1.43. The highest BCUT2D eigenvalue weighted by Crippen LogP contribution is 2.55. The summed E-state index contributed by atoms with van der Waals surface area (Å²) >= 11 is 0. The lowest BCUT2D eigenvalue weighted by molar-refractivity contribution is -0.168. The molecular weight excluding hydrogens is 311 g/mol. The molecule has 8 heteroatoms. The molecule has 0 bridgehead atoms. The van der Waals surface area contributed by atoms with Crippen LogP contribution in [0.3, 0.4) is 0 Å². The highest BCUT2D eigenvalue weighted by Gasteiger charge is 2.44. The maximum absolute atomic E-state index is 12.9. The fourth-order valence-electron chi connectivity index (χ4n) is 1.89. The lowest BCUT2D eigenvalue weighted by Crippen LogP contribution is -2.38. The molecule has 0 radical (unpaired) electrons. The van der Waals surface area contributed by atoms with Crippen molar-refractivity contribution in [1.29, 1.82) is 0 Å². The van der Waals surface area contributed by atoms with Crippen LogP contribution in [0.25, 0.3) is 0 Å². The first-order valence-corrected chi connectivity index (χ1v) is 9.12. The first-order valence-electron chi connectivity index (χ1n) is 7.51. The van der Waals surface area contributed by atoms with Gasteiger partial charge in [-0.25, -0.2) is 0 Å². The molecule has 0 saturated heterocycles. The number of Topliss-reactive ketones (excluding diaryl/α,β-unsaturated/α-hetero) is 2. The minimum Gasteiger partial charge on any atom is -0.346 e. The van der Waals surface area contributed by atoms with E-state index in [-0.39, 0.29) is 38.6 Å². The van der Waals surface area contributed by atoms with Gasteiger partial charge >= 0.3 is 7.60 Å². The smallest absolute Gasteiger partial charge is 0.341 e. The van der Waals surface area contributed by atoms with E-state index in [2.05, 4.69) is 0 Å². The van der Waals surface area contributed by atoms with Crippen LogP contribution >= 0.6 is 7.60 Å². The molecule has 0 rings (SSSR count). The van der Waals surface area contributed by atoms with Gasteiger partial charge in [0.25, 0.3) is 0 Å². The van der Waals surface area contributed by atoms with Crippen LogP contribution in [-0.4, -0.2) is 49.9 Å². The van der Waals surface area contributed by atoms with Gasteiger partial charge in [0.1, 0.15) is 11.4 Å². The van der Waals surface area contributed by atoms with Crippen LogP contribution in [-0.2, 0) is 32.7 Å². The quantitative estimate of drug-likeness (QED) is 0.377. The zero-order valence-corrected chi connectivity index (χ0v) is 14.9. The first-order chi connectivity index (χ1) is 10.4. The standard InChI is InChI=1S/C14H27O7P/c1-6-18-14(19-7-2)13(16)12(10-11(5)15)22(17,20-8-3)21-9-4/h12,14H,6-10H2,1-5H3. The first kappa shape index (κ1) is 21.4. The Morgan fingerprint density at radius 2 is 1.36 bits per heavy atom. The van der Waals surface area contributed by atoms with Gasteiger partial charge in [0.2, 0.25) is 12.1 Å². The second-order valence-electron chi connectivity index (χ2n) is 4.44. The average Bonchev–Trinajstić information content (AvgIpc) is 2.44. The normalized spacial score (nSPS) is 13.4. The van der Waals surface area contributed by atoms with Gasteiger partial charge < -0.3 is 18.5 Å². The Bertz CT molecular complexity index is 381. The number of ketones is 2. The third kappa shape index (κ3) is 6.67. The molecule has 0 aliphatic heterocycles. The molecule has 0 aliphatic rings. The van der Waals surface area contributed by atoms with Gasteiger partial charge in [-0.05, 0) is 34.6 Å². The van der Waals surface area contributed by atoms with E-state index in [9.17, 15) is 14.2 Å². The van der Waals surface area contributed by atoms with Crippen molar-refractivity contribution >= 4 is 19.2 Å². The second-order valence-corrected chi connectivity index (χ2v) is 6.66. The number of hydrogen-bond acceptors (Lipinski definition) is 7. The lowest BCUT2D eigenvalue weighted by Gasteiger charge is -2.27. The highest BCUT2D eigenvalue weighted by atomic mass is 31.2. The summed E-state index contributed by atoms with van der Waals surface area (Å²) in [5.41, 5.74) is -1.23. The summed E-state index contributed by atoms with van der Waals surface area (Å²) in [5.74, 6) is -0.881. The number of hydrogen-bond donors (Lipinski definition) is 0. The maximum atomic E-state index is 12.9. The van der Waals surface area contributed by atoms with Crippen molar-refractivity contribution in [2.45, 2.75) is 53.0 Å². The van der Waals surface area contributed by atoms with Crippen molar-refractivity contribution in [2.75, 3.05) is 26.4 Å². The predicted molar refractivity (Wildman–Crippen MR) is 82.0 cm³/mol. The fraction of sp³-hybridized carbons (Fsp3) is 0.857. The highest BCUT2D eigenvalue weighted by molar-refractivity contribution is 7.55. The molecule has 0 aromatic heterocycles. The van der Waals surface area contributed by atoms with E-state index in [0.717, 1.165) is 0 Å². The van der Waals surface area contributed by atoms with Crippen LogP contribution in [0.5, 0.6) is 0 Å². The van der Waals surface area contributed by atoms with Crippen molar-refractivity contribution in [1.82, 2.24) is 0 Å². The lowest BCUT2D eigenvalue weighted by atomic mass is 10.1. The Labute approximate surface area is 132 Å². The van der Waals surface area contributed by atoms with E-state index in [1.54, 1.807) is 27.7 Å². The zero-order valence-electron chi connectivity index (χ0n) is 14.0. The zero-order chi connectivity index (χ0) is 17.2. The molecule has 0 spiro atoms. The van der Waals surface area contributed by atoms with Crippen LogP contribution in [0.1, 0.15) is 41.0 Å². The molecule has 0 fully saturated rings. The molecule has 1 atom stereocenters. The Hall–Kier alpha value is -0.590. The molecule has 0 aromatic carbocycles. The molecule has 22 heavy (non-hydrogen) atoms. The molecule has 0 heterocycles. The van der Waals surface area contributed by atoms with E-state index in [4.69, 9.17) is 18.5 Å². The maximum Gasteiger partial charge on any atom is 0.341 e. The molecule has 130 valence electrons. The van der Waals surface area contributed by atoms with Crippen molar-refractivity contribution in [3.05, 3.63) is 0 Å². The summed E-state index contributed by atoms with van der Waals surface area (Å²) in [6.45, 7) is 8.73. The van der Waals surface area contributed by atoms with Crippen LogP contribution in [0, 0.1) is 0 Å². The van der Waals surface area contributed by atoms with E-state index in [0.29, 0.717) is 0 Å². The summed E-state index contributed by atoms with van der Waals surface area (Å²) < 4.78 is 33.8. The van der Waals surface area contributed by atoms with Crippen molar-refractivity contribution in [2.24, 2.45) is 0 Å². The monoisotopic (exact) mass is 338 g/mol. The molecule has 0 amide bonds. The average molecular weight is 338 g/mol. The van der Waals surface area contributed by atoms with E-state index >= 15 is 0 Å². The molecule has 0 saturated carbocycles. The van der Waals surface area contributed by atoms with E-state index < -0.39 is 25.3 Å². The Morgan fingerprint density at radius 1 is 0.909 bits per heavy atom. The van der Waals surface area contributed by atoms with Crippen molar-refractivity contribution < 1.29 is 32.7 Å². The van der Waals surface area contributed by atoms with Gasteiger partial charge in [-0.3, -0.25) is 14.2 Å².